The predicted octanol–water partition coefficient (Wildman–Crippen LogP) is 3.45. The third-order valence-electron chi connectivity index (χ3n) is 4.05. The number of hydrogen-bond donors (Lipinski definition) is 1. The summed E-state index contributed by atoms with van der Waals surface area (Å²) in [4.78, 5) is 24.7. The van der Waals surface area contributed by atoms with Crippen molar-refractivity contribution in [3.05, 3.63) is 50.8 Å². The lowest BCUT2D eigenvalue weighted by atomic mass is 9.78. The number of ketones is 1. The van der Waals surface area contributed by atoms with Gasteiger partial charge in [0.05, 0.1) is 25.7 Å². The summed E-state index contributed by atoms with van der Waals surface area (Å²) in [6.45, 7) is 5.11. The van der Waals surface area contributed by atoms with Gasteiger partial charge in [-0.15, -0.1) is 0 Å². The molecule has 1 unspecified atom stereocenters. The average Bonchev–Trinajstić information content (AvgIpc) is 2.52. The van der Waals surface area contributed by atoms with Crippen molar-refractivity contribution < 1.29 is 19.1 Å². The lowest BCUT2D eigenvalue weighted by Gasteiger charge is -2.31. The van der Waals surface area contributed by atoms with Crippen LogP contribution in [0.4, 0.5) is 0 Å². The summed E-state index contributed by atoms with van der Waals surface area (Å²) >= 11 is 3.45. The molecule has 1 aromatic rings. The average molecular weight is 394 g/mol. The monoisotopic (exact) mass is 393 g/mol. The van der Waals surface area contributed by atoms with E-state index < -0.39 is 11.9 Å². The smallest absolute Gasteiger partial charge is 0.336 e. The van der Waals surface area contributed by atoms with Gasteiger partial charge in [0.15, 0.2) is 5.78 Å². The molecule has 0 bridgehead atoms. The lowest BCUT2D eigenvalue weighted by Crippen LogP contribution is -2.31. The van der Waals surface area contributed by atoms with Gasteiger partial charge in [-0.1, -0.05) is 15.9 Å². The number of benzene rings is 1. The number of ether oxygens (including phenoxy) is 2. The van der Waals surface area contributed by atoms with Gasteiger partial charge in [0.2, 0.25) is 0 Å². The second-order valence-corrected chi connectivity index (χ2v) is 6.49. The number of allylic oxidation sites excluding steroid dienone is 3. The molecule has 5 nitrogen and oxygen atoms in total. The van der Waals surface area contributed by atoms with Gasteiger partial charge in [-0.05, 0) is 39.0 Å². The van der Waals surface area contributed by atoms with Crippen molar-refractivity contribution in [3.63, 3.8) is 0 Å². The Morgan fingerprint density at radius 3 is 2.29 bits per heavy atom. The summed E-state index contributed by atoms with van der Waals surface area (Å²) in [5.41, 5.74) is 3.05. The largest absolute Gasteiger partial charge is 0.496 e. The lowest BCUT2D eigenvalue weighted by molar-refractivity contribution is -0.136. The van der Waals surface area contributed by atoms with E-state index in [1.807, 2.05) is 19.1 Å². The van der Waals surface area contributed by atoms with Gasteiger partial charge < -0.3 is 14.8 Å². The summed E-state index contributed by atoms with van der Waals surface area (Å²) in [6.07, 6.45) is 0. The molecule has 128 valence electrons. The number of carbonyl (C=O) groups excluding carboxylic acids is 2. The van der Waals surface area contributed by atoms with Gasteiger partial charge in [0.1, 0.15) is 5.75 Å². The number of carbonyl (C=O) groups is 2. The Kier molecular flexibility index (Phi) is 5.49. The van der Waals surface area contributed by atoms with E-state index in [1.54, 1.807) is 20.1 Å². The second-order valence-electron chi connectivity index (χ2n) is 5.57. The van der Waals surface area contributed by atoms with Crippen molar-refractivity contribution >= 4 is 27.7 Å². The zero-order valence-electron chi connectivity index (χ0n) is 14.3. The van der Waals surface area contributed by atoms with Gasteiger partial charge >= 0.3 is 5.97 Å². The number of esters is 1. The van der Waals surface area contributed by atoms with Crippen LogP contribution >= 0.6 is 15.9 Å². The van der Waals surface area contributed by atoms with Crippen molar-refractivity contribution in [1.29, 1.82) is 0 Å². The third kappa shape index (κ3) is 3.24. The Morgan fingerprint density at radius 2 is 1.75 bits per heavy atom. The van der Waals surface area contributed by atoms with Crippen LogP contribution in [-0.4, -0.2) is 26.0 Å². The van der Waals surface area contributed by atoms with Crippen molar-refractivity contribution in [1.82, 2.24) is 5.32 Å². The van der Waals surface area contributed by atoms with E-state index in [4.69, 9.17) is 9.47 Å². The first kappa shape index (κ1) is 18.3. The molecule has 0 saturated carbocycles. The Bertz CT molecular complexity index is 764. The summed E-state index contributed by atoms with van der Waals surface area (Å²) in [6, 6.07) is 5.52. The maximum absolute atomic E-state index is 12.4. The van der Waals surface area contributed by atoms with Crippen LogP contribution in [0.3, 0.4) is 0 Å². The Balaban J connectivity index is 2.79. The van der Waals surface area contributed by atoms with Gasteiger partial charge in [-0.3, -0.25) is 4.79 Å². The molecule has 0 fully saturated rings. The number of nitrogens with one attached hydrogen (secondary N) is 1. The van der Waals surface area contributed by atoms with E-state index in [0.29, 0.717) is 22.6 Å². The molecule has 1 aromatic carbocycles. The summed E-state index contributed by atoms with van der Waals surface area (Å²) < 4.78 is 11.3. The number of rotatable bonds is 4. The highest BCUT2D eigenvalue weighted by atomic mass is 79.9. The molecule has 0 aromatic heterocycles. The summed E-state index contributed by atoms with van der Waals surface area (Å²) in [5, 5.41) is 3.11. The predicted molar refractivity (Wildman–Crippen MR) is 94.7 cm³/mol. The molecule has 6 heteroatoms. The molecule has 0 aliphatic carbocycles. The first-order valence-corrected chi connectivity index (χ1v) is 8.22. The highest BCUT2D eigenvalue weighted by Gasteiger charge is 2.37. The number of methoxy groups -OCH3 is 2. The maximum Gasteiger partial charge on any atom is 0.336 e. The van der Waals surface area contributed by atoms with Crippen LogP contribution in [0.1, 0.15) is 32.3 Å². The van der Waals surface area contributed by atoms with E-state index in [-0.39, 0.29) is 5.78 Å². The van der Waals surface area contributed by atoms with Crippen molar-refractivity contribution in [2.45, 2.75) is 26.7 Å². The van der Waals surface area contributed by atoms with Gasteiger partial charge in [0, 0.05) is 27.0 Å². The van der Waals surface area contributed by atoms with Crippen LogP contribution in [-0.2, 0) is 14.3 Å². The van der Waals surface area contributed by atoms with E-state index in [2.05, 4.69) is 21.2 Å². The van der Waals surface area contributed by atoms with Gasteiger partial charge in [-0.25, -0.2) is 4.79 Å². The van der Waals surface area contributed by atoms with Crippen LogP contribution < -0.4 is 10.1 Å². The van der Waals surface area contributed by atoms with Crippen molar-refractivity contribution in [2.75, 3.05) is 14.2 Å². The van der Waals surface area contributed by atoms with Gasteiger partial charge in [-0.2, -0.15) is 0 Å². The quantitative estimate of drug-likeness (QED) is 0.793. The molecule has 1 aliphatic rings. The molecule has 1 N–H and O–H groups in total. The Morgan fingerprint density at radius 1 is 1.12 bits per heavy atom. The fourth-order valence-corrected chi connectivity index (χ4v) is 3.46. The number of Topliss-reactive ketones (excluding diaryl/α,β-unsaturated/α-hetero) is 1. The number of hydrogen-bond acceptors (Lipinski definition) is 5. The molecule has 2 rings (SSSR count). The van der Waals surface area contributed by atoms with Crippen molar-refractivity contribution in [2.24, 2.45) is 0 Å². The number of halogens is 1. The zero-order chi connectivity index (χ0) is 18.0. The molecule has 0 saturated heterocycles. The zero-order valence-corrected chi connectivity index (χ0v) is 15.9. The molecule has 1 aliphatic heterocycles. The second kappa shape index (κ2) is 7.21. The van der Waals surface area contributed by atoms with Gasteiger partial charge in [0.25, 0.3) is 0 Å². The molecule has 24 heavy (non-hydrogen) atoms. The SMILES string of the molecule is COC(=O)C1=C(C)NC(C)=C(C(C)=O)C1c1cc(Br)ccc1OC. The van der Waals surface area contributed by atoms with E-state index in [9.17, 15) is 9.59 Å². The summed E-state index contributed by atoms with van der Waals surface area (Å²) in [7, 11) is 2.89. The molecule has 1 heterocycles. The first-order chi connectivity index (χ1) is 11.3. The van der Waals surface area contributed by atoms with E-state index in [0.717, 1.165) is 15.7 Å². The topological polar surface area (TPSA) is 64.6 Å². The van der Waals surface area contributed by atoms with Crippen LogP contribution in [0, 0.1) is 0 Å². The minimum Gasteiger partial charge on any atom is -0.496 e. The third-order valence-corrected chi connectivity index (χ3v) is 4.54. The maximum atomic E-state index is 12.4. The fourth-order valence-electron chi connectivity index (χ4n) is 3.08. The molecule has 0 amide bonds. The standard InChI is InChI=1S/C18H20BrNO4/c1-9-15(11(3)21)17(16(10(2)20-9)18(22)24-5)13-8-12(19)6-7-14(13)23-4/h6-8,17,20H,1-5H3. The molecular weight excluding hydrogens is 374 g/mol. The Labute approximate surface area is 149 Å². The molecule has 0 spiro atoms. The Hall–Kier alpha value is -2.08. The van der Waals surface area contributed by atoms with E-state index >= 15 is 0 Å². The van der Waals surface area contributed by atoms with Crippen LogP contribution in [0.5, 0.6) is 5.75 Å². The fraction of sp³-hybridized carbons (Fsp3) is 0.333. The van der Waals surface area contributed by atoms with E-state index in [1.165, 1.54) is 14.0 Å². The van der Waals surface area contributed by atoms with Crippen LogP contribution in [0.2, 0.25) is 0 Å². The normalized spacial score (nSPS) is 17.5. The van der Waals surface area contributed by atoms with Crippen LogP contribution in [0.15, 0.2) is 45.2 Å². The molecule has 0 radical (unpaired) electrons. The summed E-state index contributed by atoms with van der Waals surface area (Å²) in [5.74, 6) is -0.534. The van der Waals surface area contributed by atoms with Crippen molar-refractivity contribution in [3.8, 4) is 5.75 Å². The van der Waals surface area contributed by atoms with Crippen LogP contribution in [0.25, 0.3) is 0 Å². The highest BCUT2D eigenvalue weighted by Crippen LogP contribution is 2.43. The minimum atomic E-state index is -0.552. The molecular formula is C18H20BrNO4. The first-order valence-electron chi connectivity index (χ1n) is 7.43. The molecule has 1 atom stereocenters. The minimum absolute atomic E-state index is 0.110. The highest BCUT2D eigenvalue weighted by molar-refractivity contribution is 9.10. The number of dihydropyridines is 1.